The van der Waals surface area contributed by atoms with Crippen LogP contribution in [0.2, 0.25) is 10.4 Å². The third kappa shape index (κ3) is 1.24. The van der Waals surface area contributed by atoms with Gasteiger partial charge in [0.1, 0.15) is 5.15 Å². The van der Waals surface area contributed by atoms with Crippen LogP contribution in [0.25, 0.3) is 0 Å². The molecule has 0 saturated heterocycles. The van der Waals surface area contributed by atoms with E-state index in [1.165, 1.54) is 24.8 Å². The quantitative estimate of drug-likeness (QED) is 0.504. The van der Waals surface area contributed by atoms with Crippen molar-refractivity contribution in [1.29, 1.82) is 0 Å². The normalized spacial score (nSPS) is 29.0. The summed E-state index contributed by atoms with van der Waals surface area (Å²) in [7, 11) is 0. The van der Waals surface area contributed by atoms with Crippen LogP contribution >= 0.6 is 23.2 Å². The SMILES string of the molecule is Clc1nc(Cl)c2c(n1)C[C@@H]1CC[C@H]2C1. The first-order valence-electron chi connectivity index (χ1n) is 4.96. The summed E-state index contributed by atoms with van der Waals surface area (Å²) in [5.74, 6) is 1.39. The summed E-state index contributed by atoms with van der Waals surface area (Å²) in [6, 6.07) is 0. The summed E-state index contributed by atoms with van der Waals surface area (Å²) in [5.41, 5.74) is 2.26. The maximum Gasteiger partial charge on any atom is 0.224 e. The molecule has 2 aliphatic carbocycles. The van der Waals surface area contributed by atoms with Crippen LogP contribution in [0.3, 0.4) is 0 Å². The van der Waals surface area contributed by atoms with E-state index in [1.54, 1.807) is 0 Å². The van der Waals surface area contributed by atoms with Crippen LogP contribution < -0.4 is 0 Å². The van der Waals surface area contributed by atoms with Crippen molar-refractivity contribution in [3.63, 3.8) is 0 Å². The van der Waals surface area contributed by atoms with Gasteiger partial charge in [-0.15, -0.1) is 0 Å². The minimum absolute atomic E-state index is 0.287. The van der Waals surface area contributed by atoms with Crippen LogP contribution in [-0.2, 0) is 6.42 Å². The standard InChI is InChI=1S/C10H10Cl2N2/c11-9-8-6-2-1-5(3-6)4-7(8)13-10(12)14-9/h5-6H,1-4H2/t5-,6+/m1/s1. The minimum Gasteiger partial charge on any atom is -0.223 e. The lowest BCUT2D eigenvalue weighted by Crippen LogP contribution is -2.14. The summed E-state index contributed by atoms with van der Waals surface area (Å²) in [5, 5.41) is 0.861. The van der Waals surface area contributed by atoms with Gasteiger partial charge in [0.05, 0.1) is 5.69 Å². The zero-order chi connectivity index (χ0) is 9.71. The second kappa shape index (κ2) is 3.07. The Bertz CT molecular complexity index is 392. The first-order valence-corrected chi connectivity index (χ1v) is 5.71. The average molecular weight is 229 g/mol. The molecular weight excluding hydrogens is 219 g/mol. The molecule has 2 bridgehead atoms. The molecule has 0 aromatic carbocycles. The third-order valence-electron chi connectivity index (χ3n) is 3.38. The highest BCUT2D eigenvalue weighted by molar-refractivity contribution is 6.32. The lowest BCUT2D eigenvalue weighted by molar-refractivity contribution is 0.499. The second-order valence-corrected chi connectivity index (χ2v) is 4.92. The molecule has 4 heteroatoms. The van der Waals surface area contributed by atoms with Gasteiger partial charge in [-0.05, 0) is 49.1 Å². The Hall–Kier alpha value is -0.340. The van der Waals surface area contributed by atoms with Crippen LogP contribution in [0.4, 0.5) is 0 Å². The lowest BCUT2D eigenvalue weighted by atomic mass is 9.87. The monoisotopic (exact) mass is 228 g/mol. The molecule has 0 aliphatic heterocycles. The highest BCUT2D eigenvalue weighted by atomic mass is 35.5. The Kier molecular flexibility index (Phi) is 1.96. The fourth-order valence-corrected chi connectivity index (χ4v) is 3.39. The van der Waals surface area contributed by atoms with Crippen LogP contribution in [-0.4, -0.2) is 9.97 Å². The van der Waals surface area contributed by atoms with Gasteiger partial charge in [0, 0.05) is 5.56 Å². The first-order chi connectivity index (χ1) is 6.74. The van der Waals surface area contributed by atoms with Crippen molar-refractivity contribution in [3.8, 4) is 0 Å². The third-order valence-corrected chi connectivity index (χ3v) is 3.84. The molecule has 2 nitrogen and oxygen atoms in total. The van der Waals surface area contributed by atoms with Crippen molar-refractivity contribution >= 4 is 23.2 Å². The maximum absolute atomic E-state index is 6.10. The Morgan fingerprint density at radius 1 is 1.14 bits per heavy atom. The number of halogens is 2. The largest absolute Gasteiger partial charge is 0.224 e. The topological polar surface area (TPSA) is 25.8 Å². The van der Waals surface area contributed by atoms with Crippen molar-refractivity contribution < 1.29 is 0 Å². The zero-order valence-electron chi connectivity index (χ0n) is 7.63. The molecule has 0 unspecified atom stereocenters. The molecule has 1 fully saturated rings. The van der Waals surface area contributed by atoms with Gasteiger partial charge in [0.15, 0.2) is 0 Å². The van der Waals surface area contributed by atoms with E-state index in [9.17, 15) is 0 Å². The zero-order valence-corrected chi connectivity index (χ0v) is 9.15. The van der Waals surface area contributed by atoms with E-state index < -0.39 is 0 Å². The van der Waals surface area contributed by atoms with E-state index in [2.05, 4.69) is 9.97 Å². The number of hydrogen-bond acceptors (Lipinski definition) is 2. The Morgan fingerprint density at radius 2 is 2.00 bits per heavy atom. The second-order valence-electron chi connectivity index (χ2n) is 4.22. The van der Waals surface area contributed by atoms with Crippen LogP contribution in [0.1, 0.15) is 36.4 Å². The van der Waals surface area contributed by atoms with Crippen LogP contribution in [0, 0.1) is 5.92 Å². The summed E-state index contributed by atoms with van der Waals surface area (Å²) in [4.78, 5) is 8.31. The maximum atomic E-state index is 6.10. The molecule has 0 spiro atoms. The first kappa shape index (κ1) is 8.93. The fraction of sp³-hybridized carbons (Fsp3) is 0.600. The van der Waals surface area contributed by atoms with E-state index in [1.807, 2.05) is 0 Å². The van der Waals surface area contributed by atoms with Crippen LogP contribution in [0.15, 0.2) is 0 Å². The molecule has 1 heterocycles. The Morgan fingerprint density at radius 3 is 2.86 bits per heavy atom. The van der Waals surface area contributed by atoms with Gasteiger partial charge in [0.25, 0.3) is 0 Å². The van der Waals surface area contributed by atoms with E-state index >= 15 is 0 Å². The van der Waals surface area contributed by atoms with Crippen molar-refractivity contribution in [1.82, 2.24) is 9.97 Å². The van der Waals surface area contributed by atoms with E-state index in [0.29, 0.717) is 11.1 Å². The molecule has 14 heavy (non-hydrogen) atoms. The predicted octanol–water partition coefficient (Wildman–Crippen LogP) is 3.22. The molecule has 1 aromatic rings. The summed E-state index contributed by atoms with van der Waals surface area (Å²) < 4.78 is 0. The number of rotatable bonds is 0. The van der Waals surface area contributed by atoms with Gasteiger partial charge < -0.3 is 0 Å². The van der Waals surface area contributed by atoms with Gasteiger partial charge in [-0.3, -0.25) is 0 Å². The Labute approximate surface area is 92.7 Å². The summed E-state index contributed by atoms with van der Waals surface area (Å²) >= 11 is 11.9. The lowest BCUT2D eigenvalue weighted by Gasteiger charge is -2.22. The number of hydrogen-bond donors (Lipinski definition) is 0. The molecule has 0 N–H and O–H groups in total. The van der Waals surface area contributed by atoms with Crippen molar-refractivity contribution in [2.75, 3.05) is 0 Å². The molecule has 1 aromatic heterocycles. The molecule has 0 radical (unpaired) electrons. The highest BCUT2D eigenvalue weighted by Gasteiger charge is 2.35. The fourth-order valence-electron chi connectivity index (χ4n) is 2.81. The predicted molar refractivity (Wildman–Crippen MR) is 55.8 cm³/mol. The van der Waals surface area contributed by atoms with Gasteiger partial charge in [0.2, 0.25) is 5.28 Å². The van der Waals surface area contributed by atoms with Crippen molar-refractivity contribution in [2.24, 2.45) is 5.92 Å². The van der Waals surface area contributed by atoms with E-state index in [4.69, 9.17) is 23.2 Å². The number of fused-ring (bicyclic) bond motifs is 4. The van der Waals surface area contributed by atoms with Crippen LogP contribution in [0.5, 0.6) is 0 Å². The van der Waals surface area contributed by atoms with Gasteiger partial charge in [-0.2, -0.15) is 0 Å². The van der Waals surface area contributed by atoms with Gasteiger partial charge in [-0.1, -0.05) is 11.6 Å². The highest BCUT2D eigenvalue weighted by Crippen LogP contribution is 2.47. The Balaban J connectivity index is 2.18. The summed E-state index contributed by atoms with van der Waals surface area (Å²) in [6.07, 6.45) is 4.84. The number of aromatic nitrogens is 2. The molecule has 2 atom stereocenters. The average Bonchev–Trinajstić information content (AvgIpc) is 2.46. The van der Waals surface area contributed by atoms with Gasteiger partial charge in [-0.25, -0.2) is 9.97 Å². The molecule has 1 saturated carbocycles. The van der Waals surface area contributed by atoms with Crippen molar-refractivity contribution in [2.45, 2.75) is 31.6 Å². The molecule has 3 rings (SSSR count). The smallest absolute Gasteiger partial charge is 0.223 e. The minimum atomic E-state index is 0.287. The van der Waals surface area contributed by atoms with E-state index in [-0.39, 0.29) is 5.28 Å². The molecule has 2 aliphatic rings. The summed E-state index contributed by atoms with van der Waals surface area (Å²) in [6.45, 7) is 0. The van der Waals surface area contributed by atoms with E-state index in [0.717, 1.165) is 18.0 Å². The number of nitrogens with zero attached hydrogens (tertiary/aromatic N) is 2. The van der Waals surface area contributed by atoms with Gasteiger partial charge >= 0.3 is 0 Å². The molecule has 74 valence electrons. The van der Waals surface area contributed by atoms with Crippen molar-refractivity contribution in [3.05, 3.63) is 21.7 Å². The molecular formula is C10H10Cl2N2. The molecule has 0 amide bonds.